The molecule has 1 atom stereocenters. The van der Waals surface area contributed by atoms with Crippen molar-refractivity contribution in [3.05, 3.63) is 29.8 Å². The summed E-state index contributed by atoms with van der Waals surface area (Å²) in [6, 6.07) is 8.19. The van der Waals surface area contributed by atoms with Crippen LogP contribution >= 0.6 is 0 Å². The van der Waals surface area contributed by atoms with Crippen LogP contribution in [0.3, 0.4) is 0 Å². The van der Waals surface area contributed by atoms with Crippen LogP contribution in [0, 0.1) is 0 Å². The van der Waals surface area contributed by atoms with Crippen molar-refractivity contribution in [1.29, 1.82) is 0 Å². The second kappa shape index (κ2) is 2.79. The third-order valence-corrected chi connectivity index (χ3v) is 2.31. The minimum Gasteiger partial charge on any atom is -0.475 e. The number of hydrogen-bond donors (Lipinski definition) is 0. The Hall–Kier alpha value is -1.02. The molecular weight excluding hydrogens is 150 g/mol. The average Bonchev–Trinajstić information content (AvgIpc) is 2.07. The molecule has 0 aliphatic carbocycles. The summed E-state index contributed by atoms with van der Waals surface area (Å²) >= 11 is 0. The second-order valence-corrected chi connectivity index (χ2v) is 3.24. The van der Waals surface area contributed by atoms with Gasteiger partial charge in [-0.05, 0) is 20.0 Å². The molecule has 64 valence electrons. The van der Waals surface area contributed by atoms with Gasteiger partial charge in [-0.3, -0.25) is 4.90 Å². The maximum Gasteiger partial charge on any atom is 0.149 e. The number of benzene rings is 1. The van der Waals surface area contributed by atoms with E-state index in [0.717, 1.165) is 12.3 Å². The van der Waals surface area contributed by atoms with Crippen molar-refractivity contribution in [2.45, 2.75) is 19.7 Å². The van der Waals surface area contributed by atoms with Crippen molar-refractivity contribution < 1.29 is 4.74 Å². The fourth-order valence-corrected chi connectivity index (χ4v) is 1.42. The Balaban J connectivity index is 2.34. The molecule has 1 aromatic carbocycles. The molecule has 1 aliphatic rings. The molecule has 2 nitrogen and oxygen atoms in total. The van der Waals surface area contributed by atoms with E-state index in [1.807, 2.05) is 18.2 Å². The lowest BCUT2D eigenvalue weighted by molar-refractivity contribution is 0.0341. The summed E-state index contributed by atoms with van der Waals surface area (Å²) in [5.74, 6) is 1.03. The first kappa shape index (κ1) is 7.62. The number of fused-ring (bicyclic) bond motifs is 1. The Kier molecular flexibility index (Phi) is 1.77. The van der Waals surface area contributed by atoms with Crippen LogP contribution in [0.15, 0.2) is 24.3 Å². The molecule has 0 aromatic heterocycles. The van der Waals surface area contributed by atoms with Gasteiger partial charge in [-0.1, -0.05) is 18.2 Å². The Labute approximate surface area is 72.8 Å². The smallest absolute Gasteiger partial charge is 0.149 e. The summed E-state index contributed by atoms with van der Waals surface area (Å²) in [4.78, 5) is 2.18. The van der Waals surface area contributed by atoms with E-state index < -0.39 is 0 Å². The van der Waals surface area contributed by atoms with E-state index in [1.165, 1.54) is 5.56 Å². The summed E-state index contributed by atoms with van der Waals surface area (Å²) in [5, 5.41) is 0. The number of para-hydroxylation sites is 1. The third-order valence-electron chi connectivity index (χ3n) is 2.31. The zero-order valence-corrected chi connectivity index (χ0v) is 7.45. The van der Waals surface area contributed by atoms with Gasteiger partial charge in [0.15, 0.2) is 0 Å². The number of hydrogen-bond acceptors (Lipinski definition) is 2. The van der Waals surface area contributed by atoms with Crippen LogP contribution in [0.25, 0.3) is 0 Å². The van der Waals surface area contributed by atoms with Crippen LogP contribution in [0.4, 0.5) is 0 Å². The SMILES string of the molecule is C[C@H]1Oc2ccccc2CN1C. The van der Waals surface area contributed by atoms with Gasteiger partial charge in [-0.25, -0.2) is 0 Å². The Morgan fingerprint density at radius 3 is 3.00 bits per heavy atom. The zero-order chi connectivity index (χ0) is 8.55. The molecule has 12 heavy (non-hydrogen) atoms. The second-order valence-electron chi connectivity index (χ2n) is 3.24. The Morgan fingerprint density at radius 2 is 2.17 bits per heavy atom. The first-order chi connectivity index (χ1) is 5.77. The van der Waals surface area contributed by atoms with E-state index in [-0.39, 0.29) is 6.23 Å². The lowest BCUT2D eigenvalue weighted by Crippen LogP contribution is -2.37. The van der Waals surface area contributed by atoms with Gasteiger partial charge in [0.2, 0.25) is 0 Å². The van der Waals surface area contributed by atoms with Gasteiger partial charge >= 0.3 is 0 Å². The highest BCUT2D eigenvalue weighted by molar-refractivity contribution is 5.34. The molecule has 0 saturated heterocycles. The lowest BCUT2D eigenvalue weighted by atomic mass is 10.1. The predicted octanol–water partition coefficient (Wildman–Crippen LogP) is 1.86. The van der Waals surface area contributed by atoms with Crippen molar-refractivity contribution in [3.63, 3.8) is 0 Å². The zero-order valence-electron chi connectivity index (χ0n) is 7.45. The average molecular weight is 163 g/mol. The molecule has 1 heterocycles. The summed E-state index contributed by atoms with van der Waals surface area (Å²) in [6.07, 6.45) is 0.194. The number of nitrogens with zero attached hydrogens (tertiary/aromatic N) is 1. The van der Waals surface area contributed by atoms with Gasteiger partial charge in [0.1, 0.15) is 12.0 Å². The Morgan fingerprint density at radius 1 is 1.42 bits per heavy atom. The Bertz CT molecular complexity index is 256. The molecule has 0 radical (unpaired) electrons. The number of ether oxygens (including phenoxy) is 1. The topological polar surface area (TPSA) is 12.5 Å². The standard InChI is InChI=1S/C10H13NO/c1-8-11(2)7-9-5-3-4-6-10(9)12-8/h3-6,8H,7H2,1-2H3/t8-/m1/s1. The van der Waals surface area contributed by atoms with E-state index >= 15 is 0 Å². The molecule has 1 aromatic rings. The molecule has 0 saturated carbocycles. The van der Waals surface area contributed by atoms with Crippen molar-refractivity contribution in [2.75, 3.05) is 7.05 Å². The molecule has 0 unspecified atom stereocenters. The molecule has 0 spiro atoms. The van der Waals surface area contributed by atoms with Gasteiger partial charge in [-0.15, -0.1) is 0 Å². The van der Waals surface area contributed by atoms with Crippen molar-refractivity contribution >= 4 is 0 Å². The first-order valence-electron chi connectivity index (χ1n) is 4.22. The summed E-state index contributed by atoms with van der Waals surface area (Å²) in [5.41, 5.74) is 1.28. The highest BCUT2D eigenvalue weighted by Gasteiger charge is 2.19. The van der Waals surface area contributed by atoms with Crippen LogP contribution in [-0.2, 0) is 6.54 Å². The van der Waals surface area contributed by atoms with E-state index in [4.69, 9.17) is 4.74 Å². The molecule has 2 heteroatoms. The fourth-order valence-electron chi connectivity index (χ4n) is 1.42. The summed E-state index contributed by atoms with van der Waals surface area (Å²) in [6.45, 7) is 3.05. The van der Waals surface area contributed by atoms with Crippen LogP contribution in [0.5, 0.6) is 5.75 Å². The molecular formula is C10H13NO. The molecule has 0 amide bonds. The molecule has 0 bridgehead atoms. The number of rotatable bonds is 0. The highest BCUT2D eigenvalue weighted by Crippen LogP contribution is 2.25. The van der Waals surface area contributed by atoms with E-state index in [1.54, 1.807) is 0 Å². The molecule has 2 rings (SSSR count). The van der Waals surface area contributed by atoms with Gasteiger partial charge in [-0.2, -0.15) is 0 Å². The third kappa shape index (κ3) is 1.18. The molecule has 1 aliphatic heterocycles. The maximum absolute atomic E-state index is 5.67. The lowest BCUT2D eigenvalue weighted by Gasteiger charge is -2.31. The van der Waals surface area contributed by atoms with Gasteiger partial charge in [0.25, 0.3) is 0 Å². The van der Waals surface area contributed by atoms with E-state index in [2.05, 4.69) is 24.9 Å². The normalized spacial score (nSPS) is 23.0. The van der Waals surface area contributed by atoms with Crippen LogP contribution in [-0.4, -0.2) is 18.2 Å². The predicted molar refractivity (Wildman–Crippen MR) is 48.0 cm³/mol. The minimum atomic E-state index is 0.194. The maximum atomic E-state index is 5.67. The van der Waals surface area contributed by atoms with Gasteiger partial charge < -0.3 is 4.74 Å². The monoisotopic (exact) mass is 163 g/mol. The fraction of sp³-hybridized carbons (Fsp3) is 0.400. The van der Waals surface area contributed by atoms with E-state index in [9.17, 15) is 0 Å². The largest absolute Gasteiger partial charge is 0.475 e. The van der Waals surface area contributed by atoms with Crippen molar-refractivity contribution in [3.8, 4) is 5.75 Å². The molecule has 0 fully saturated rings. The van der Waals surface area contributed by atoms with Gasteiger partial charge in [0, 0.05) is 12.1 Å². The minimum absolute atomic E-state index is 0.194. The summed E-state index contributed by atoms with van der Waals surface area (Å²) in [7, 11) is 2.07. The highest BCUT2D eigenvalue weighted by atomic mass is 16.5. The van der Waals surface area contributed by atoms with Crippen molar-refractivity contribution in [2.24, 2.45) is 0 Å². The van der Waals surface area contributed by atoms with Crippen molar-refractivity contribution in [1.82, 2.24) is 4.90 Å². The van der Waals surface area contributed by atoms with E-state index in [0.29, 0.717) is 0 Å². The van der Waals surface area contributed by atoms with Crippen LogP contribution in [0.1, 0.15) is 12.5 Å². The van der Waals surface area contributed by atoms with Crippen LogP contribution in [0.2, 0.25) is 0 Å². The van der Waals surface area contributed by atoms with Crippen LogP contribution < -0.4 is 4.74 Å². The quantitative estimate of drug-likeness (QED) is 0.578. The summed E-state index contributed by atoms with van der Waals surface area (Å²) < 4.78 is 5.67. The first-order valence-corrected chi connectivity index (χ1v) is 4.22. The molecule has 0 N–H and O–H groups in total. The van der Waals surface area contributed by atoms with Gasteiger partial charge in [0.05, 0.1) is 0 Å².